The van der Waals surface area contributed by atoms with Gasteiger partial charge in [-0.3, -0.25) is 9.78 Å². The second-order valence-corrected chi connectivity index (χ2v) is 7.64. The third kappa shape index (κ3) is 4.79. The summed E-state index contributed by atoms with van der Waals surface area (Å²) in [6.45, 7) is 7.37. The number of nitrogens with zero attached hydrogens (tertiary/aromatic N) is 4. The van der Waals surface area contributed by atoms with Gasteiger partial charge in [-0.05, 0) is 50.1 Å². The van der Waals surface area contributed by atoms with Crippen LogP contribution in [0.2, 0.25) is 0 Å². The lowest BCUT2D eigenvalue weighted by molar-refractivity contribution is -0.117. The highest BCUT2D eigenvalue weighted by Gasteiger charge is 2.13. The maximum Gasteiger partial charge on any atom is 0.262 e. The van der Waals surface area contributed by atoms with Crippen LogP contribution in [0.25, 0.3) is 17.3 Å². The van der Waals surface area contributed by atoms with E-state index in [2.05, 4.69) is 26.8 Å². The van der Waals surface area contributed by atoms with Crippen molar-refractivity contribution in [3.63, 3.8) is 0 Å². The quantitative estimate of drug-likeness (QED) is 0.470. The molecule has 0 fully saturated rings. The van der Waals surface area contributed by atoms with Crippen molar-refractivity contribution in [3.05, 3.63) is 63.5 Å². The first-order valence-corrected chi connectivity index (χ1v) is 10.3. The number of aromatic nitrogens is 3. The molecule has 3 aromatic rings. The van der Waals surface area contributed by atoms with Crippen molar-refractivity contribution in [1.29, 1.82) is 5.26 Å². The summed E-state index contributed by atoms with van der Waals surface area (Å²) in [6.07, 6.45) is 6.13. The molecule has 1 N–H and O–H groups in total. The lowest BCUT2D eigenvalue weighted by Gasteiger charge is -2.07. The number of carbonyl (C=O) groups excluding carboxylic acids is 1. The summed E-state index contributed by atoms with van der Waals surface area (Å²) in [7, 11) is 0. The van der Waals surface area contributed by atoms with E-state index in [0.717, 1.165) is 46.2 Å². The van der Waals surface area contributed by atoms with Crippen LogP contribution in [0.3, 0.4) is 0 Å². The average molecular weight is 406 g/mol. The molecular formula is C22H23N5OS. The van der Waals surface area contributed by atoms with E-state index in [1.54, 1.807) is 18.5 Å². The van der Waals surface area contributed by atoms with E-state index in [1.807, 2.05) is 43.5 Å². The molecular weight excluding hydrogens is 382 g/mol. The molecule has 0 aliphatic rings. The molecule has 0 aliphatic carbocycles. The van der Waals surface area contributed by atoms with Gasteiger partial charge in [0.25, 0.3) is 5.91 Å². The van der Waals surface area contributed by atoms with Gasteiger partial charge >= 0.3 is 0 Å². The van der Waals surface area contributed by atoms with Gasteiger partial charge in [0.15, 0.2) is 0 Å². The summed E-state index contributed by atoms with van der Waals surface area (Å²) >= 11 is 1.47. The number of aryl methyl sites for hydroxylation is 1. The second-order valence-electron chi connectivity index (χ2n) is 6.69. The Morgan fingerprint density at radius 3 is 2.79 bits per heavy atom. The van der Waals surface area contributed by atoms with Crippen LogP contribution >= 0.6 is 11.3 Å². The molecule has 29 heavy (non-hydrogen) atoms. The van der Waals surface area contributed by atoms with E-state index in [1.165, 1.54) is 11.3 Å². The Hall–Kier alpha value is -3.24. The fourth-order valence-corrected chi connectivity index (χ4v) is 3.89. The normalized spacial score (nSPS) is 11.3. The molecule has 1 amide bonds. The summed E-state index contributed by atoms with van der Waals surface area (Å²) in [5.41, 5.74) is 5.01. The van der Waals surface area contributed by atoms with E-state index < -0.39 is 5.91 Å². The molecule has 3 aromatic heterocycles. The predicted molar refractivity (Wildman–Crippen MR) is 115 cm³/mol. The monoisotopic (exact) mass is 405 g/mol. The Balaban J connectivity index is 1.70. The topological polar surface area (TPSA) is 83.6 Å². The van der Waals surface area contributed by atoms with Gasteiger partial charge in [-0.1, -0.05) is 6.92 Å². The van der Waals surface area contributed by atoms with Crippen molar-refractivity contribution in [3.8, 4) is 17.3 Å². The number of amides is 1. The molecule has 0 spiro atoms. The number of hydrogen-bond acceptors (Lipinski definition) is 5. The summed E-state index contributed by atoms with van der Waals surface area (Å²) in [4.78, 5) is 21.1. The fraction of sp³-hybridized carbons (Fsp3) is 0.273. The molecule has 7 heteroatoms. The number of hydrogen-bond donors (Lipinski definition) is 1. The Kier molecular flexibility index (Phi) is 6.57. The maximum absolute atomic E-state index is 12.5. The van der Waals surface area contributed by atoms with Crippen LogP contribution in [0.1, 0.15) is 35.3 Å². The first kappa shape index (κ1) is 20.5. The number of pyridine rings is 1. The van der Waals surface area contributed by atoms with Crippen LogP contribution in [0, 0.1) is 25.2 Å². The zero-order chi connectivity index (χ0) is 20.8. The summed E-state index contributed by atoms with van der Waals surface area (Å²) in [5.74, 6) is -0.395. The minimum atomic E-state index is -0.395. The SMILES string of the molecule is CCCn1c(C)cc(/C=C(\C#N)C(=O)NCc2nc(-c3ccncc3)cs2)c1C. The molecule has 3 heterocycles. The minimum absolute atomic E-state index is 0.0904. The third-order valence-corrected chi connectivity index (χ3v) is 5.50. The van der Waals surface area contributed by atoms with E-state index in [-0.39, 0.29) is 12.1 Å². The summed E-state index contributed by atoms with van der Waals surface area (Å²) < 4.78 is 2.20. The highest BCUT2D eigenvalue weighted by Crippen LogP contribution is 2.21. The van der Waals surface area contributed by atoms with Gasteiger partial charge in [-0.15, -0.1) is 11.3 Å². The molecule has 0 aliphatic heterocycles. The van der Waals surface area contributed by atoms with E-state index in [0.29, 0.717) is 0 Å². The Bertz CT molecular complexity index is 1070. The third-order valence-electron chi connectivity index (χ3n) is 4.65. The number of rotatable bonds is 7. The largest absolute Gasteiger partial charge is 0.349 e. The lowest BCUT2D eigenvalue weighted by Crippen LogP contribution is -2.23. The summed E-state index contributed by atoms with van der Waals surface area (Å²) in [6, 6.07) is 7.82. The number of carbonyl (C=O) groups is 1. The van der Waals surface area contributed by atoms with Crippen LogP contribution in [-0.4, -0.2) is 20.4 Å². The molecule has 0 aromatic carbocycles. The smallest absolute Gasteiger partial charge is 0.262 e. The molecule has 148 valence electrons. The van der Waals surface area contributed by atoms with Crippen LogP contribution in [0.15, 0.2) is 41.5 Å². The van der Waals surface area contributed by atoms with Gasteiger partial charge in [0.1, 0.15) is 16.6 Å². The number of nitrogens with one attached hydrogen (secondary N) is 1. The van der Waals surface area contributed by atoms with Crippen LogP contribution < -0.4 is 5.32 Å². The van der Waals surface area contributed by atoms with E-state index >= 15 is 0 Å². The number of nitriles is 1. The average Bonchev–Trinajstić information content (AvgIpc) is 3.31. The molecule has 3 rings (SSSR count). The Labute approximate surface area is 174 Å². The lowest BCUT2D eigenvalue weighted by atomic mass is 10.1. The molecule has 0 bridgehead atoms. The molecule has 6 nitrogen and oxygen atoms in total. The van der Waals surface area contributed by atoms with Gasteiger partial charge in [0.05, 0.1) is 12.2 Å². The minimum Gasteiger partial charge on any atom is -0.349 e. The summed E-state index contributed by atoms with van der Waals surface area (Å²) in [5, 5.41) is 15.0. The molecule has 0 saturated heterocycles. The standard InChI is InChI=1S/C22H23N5OS/c1-4-9-27-15(2)10-18(16(27)3)11-19(12-23)22(28)25-13-21-26-20(14-29-21)17-5-7-24-8-6-17/h5-8,10-11,14H,4,9,13H2,1-3H3,(H,25,28)/b19-11+. The van der Waals surface area contributed by atoms with Crippen LogP contribution in [0.5, 0.6) is 0 Å². The zero-order valence-corrected chi connectivity index (χ0v) is 17.6. The first-order valence-electron chi connectivity index (χ1n) is 9.45. The van der Waals surface area contributed by atoms with E-state index in [9.17, 15) is 10.1 Å². The van der Waals surface area contributed by atoms with E-state index in [4.69, 9.17) is 0 Å². The second kappa shape index (κ2) is 9.30. The highest BCUT2D eigenvalue weighted by molar-refractivity contribution is 7.09. The van der Waals surface area contributed by atoms with Gasteiger partial charge in [-0.2, -0.15) is 5.26 Å². The maximum atomic E-state index is 12.5. The molecule has 0 unspecified atom stereocenters. The van der Waals surface area contributed by atoms with Gasteiger partial charge in [0, 0.05) is 41.3 Å². The van der Waals surface area contributed by atoms with Crippen molar-refractivity contribution in [2.24, 2.45) is 0 Å². The van der Waals surface area contributed by atoms with Crippen LogP contribution in [0.4, 0.5) is 0 Å². The van der Waals surface area contributed by atoms with Gasteiger partial charge in [0.2, 0.25) is 0 Å². The first-order chi connectivity index (χ1) is 14.0. The van der Waals surface area contributed by atoms with Crippen molar-refractivity contribution < 1.29 is 4.79 Å². The molecule has 0 saturated carbocycles. The van der Waals surface area contributed by atoms with Gasteiger partial charge in [-0.25, -0.2) is 4.98 Å². The molecule has 0 radical (unpaired) electrons. The van der Waals surface area contributed by atoms with Gasteiger partial charge < -0.3 is 9.88 Å². The highest BCUT2D eigenvalue weighted by atomic mass is 32.1. The number of thiazole rings is 1. The molecule has 0 atom stereocenters. The Morgan fingerprint density at radius 1 is 1.34 bits per heavy atom. The van der Waals surface area contributed by atoms with Crippen molar-refractivity contribution in [1.82, 2.24) is 19.9 Å². The van der Waals surface area contributed by atoms with Crippen molar-refractivity contribution >= 4 is 23.3 Å². The fourth-order valence-electron chi connectivity index (χ4n) is 3.14. The predicted octanol–water partition coefficient (Wildman–Crippen LogP) is 4.26. The van der Waals surface area contributed by atoms with Crippen molar-refractivity contribution in [2.45, 2.75) is 40.3 Å². The zero-order valence-electron chi connectivity index (χ0n) is 16.8. The van der Waals surface area contributed by atoms with Crippen LogP contribution in [-0.2, 0) is 17.9 Å². The Morgan fingerprint density at radius 2 is 2.10 bits per heavy atom. The van der Waals surface area contributed by atoms with Crippen molar-refractivity contribution in [2.75, 3.05) is 0 Å².